The van der Waals surface area contributed by atoms with Crippen LogP contribution in [-0.4, -0.2) is 17.8 Å². The molecule has 2 heteroatoms. The fraction of sp³-hybridized carbons (Fsp3) is 0.714. The molecule has 0 heterocycles. The minimum atomic E-state index is -0.110. The van der Waals surface area contributed by atoms with E-state index in [4.69, 9.17) is 10.8 Å². The lowest BCUT2D eigenvalue weighted by Crippen LogP contribution is -2.30. The Balaban J connectivity index is 3.58. The molecule has 9 heavy (non-hydrogen) atoms. The van der Waals surface area contributed by atoms with Gasteiger partial charge < -0.3 is 10.8 Å². The largest absolute Gasteiger partial charge is 0.395 e. The van der Waals surface area contributed by atoms with E-state index in [2.05, 4.69) is 0 Å². The summed E-state index contributed by atoms with van der Waals surface area (Å²) in [5.74, 6) is 0.278. The van der Waals surface area contributed by atoms with E-state index < -0.39 is 0 Å². The molecule has 0 spiro atoms. The average Bonchev–Trinajstić information content (AvgIpc) is 1.87. The van der Waals surface area contributed by atoms with Gasteiger partial charge in [0.1, 0.15) is 0 Å². The van der Waals surface area contributed by atoms with Crippen molar-refractivity contribution in [3.05, 3.63) is 12.2 Å². The minimum Gasteiger partial charge on any atom is -0.395 e. The Labute approximate surface area is 56.4 Å². The lowest BCUT2D eigenvalue weighted by atomic mass is 10.0. The minimum absolute atomic E-state index is 0.0610. The van der Waals surface area contributed by atoms with Gasteiger partial charge in [-0.15, -0.1) is 0 Å². The molecule has 2 nitrogen and oxygen atoms in total. The van der Waals surface area contributed by atoms with E-state index in [0.717, 1.165) is 0 Å². The Morgan fingerprint density at radius 2 is 2.22 bits per heavy atom. The third kappa shape index (κ3) is 3.27. The molecular formula is C7H15NO. The van der Waals surface area contributed by atoms with Gasteiger partial charge in [0.2, 0.25) is 0 Å². The highest BCUT2D eigenvalue weighted by molar-refractivity contribution is 4.88. The molecule has 0 aromatic carbocycles. The summed E-state index contributed by atoms with van der Waals surface area (Å²) >= 11 is 0. The zero-order valence-corrected chi connectivity index (χ0v) is 6.04. The number of rotatable bonds is 3. The van der Waals surface area contributed by atoms with Crippen molar-refractivity contribution in [1.82, 2.24) is 0 Å². The van der Waals surface area contributed by atoms with Crippen LogP contribution in [0.15, 0.2) is 12.2 Å². The summed E-state index contributed by atoms with van der Waals surface area (Å²) in [6, 6.07) is -0.110. The Kier molecular flexibility index (Phi) is 4.36. The van der Waals surface area contributed by atoms with Crippen molar-refractivity contribution in [1.29, 1.82) is 0 Å². The first-order chi connectivity index (χ1) is 4.22. The van der Waals surface area contributed by atoms with Gasteiger partial charge in [0.05, 0.1) is 6.61 Å². The van der Waals surface area contributed by atoms with E-state index in [0.29, 0.717) is 0 Å². The zero-order valence-electron chi connectivity index (χ0n) is 6.04. The average molecular weight is 129 g/mol. The molecule has 0 aromatic rings. The van der Waals surface area contributed by atoms with Gasteiger partial charge in [0.25, 0.3) is 0 Å². The van der Waals surface area contributed by atoms with Crippen molar-refractivity contribution >= 4 is 0 Å². The second kappa shape index (κ2) is 4.53. The molecule has 54 valence electrons. The smallest absolute Gasteiger partial charge is 0.0588 e. The highest BCUT2D eigenvalue weighted by Gasteiger charge is 2.05. The second-order valence-corrected chi connectivity index (χ2v) is 2.23. The van der Waals surface area contributed by atoms with E-state index in [1.165, 1.54) is 0 Å². The quantitative estimate of drug-likeness (QED) is 0.546. The molecule has 0 aliphatic rings. The van der Waals surface area contributed by atoms with E-state index in [9.17, 15) is 0 Å². The number of aliphatic hydroxyl groups excluding tert-OH is 1. The van der Waals surface area contributed by atoms with E-state index >= 15 is 0 Å². The van der Waals surface area contributed by atoms with Crippen LogP contribution in [0.1, 0.15) is 13.8 Å². The van der Waals surface area contributed by atoms with Gasteiger partial charge in [0, 0.05) is 6.04 Å². The molecule has 3 N–H and O–H groups in total. The fourth-order valence-electron chi connectivity index (χ4n) is 0.613. The fourth-order valence-corrected chi connectivity index (χ4v) is 0.613. The Bertz CT molecular complexity index is 90.9. The van der Waals surface area contributed by atoms with Crippen LogP contribution in [0, 0.1) is 5.92 Å². The molecule has 0 unspecified atom stereocenters. The molecule has 0 aromatic heterocycles. The molecule has 0 rings (SSSR count). The molecule has 0 bridgehead atoms. The summed E-state index contributed by atoms with van der Waals surface area (Å²) in [7, 11) is 0. The molecule has 0 saturated carbocycles. The predicted molar refractivity (Wildman–Crippen MR) is 39.0 cm³/mol. The first-order valence-corrected chi connectivity index (χ1v) is 3.21. The molecule has 2 atom stereocenters. The van der Waals surface area contributed by atoms with Gasteiger partial charge in [-0.2, -0.15) is 0 Å². The summed E-state index contributed by atoms with van der Waals surface area (Å²) in [6.07, 6.45) is 3.93. The first kappa shape index (κ1) is 8.66. The van der Waals surface area contributed by atoms with Crippen molar-refractivity contribution in [3.8, 4) is 0 Å². The van der Waals surface area contributed by atoms with Crippen LogP contribution in [0.25, 0.3) is 0 Å². The summed E-state index contributed by atoms with van der Waals surface area (Å²) in [5, 5.41) is 8.57. The van der Waals surface area contributed by atoms with Crippen molar-refractivity contribution in [3.63, 3.8) is 0 Å². The molecular weight excluding hydrogens is 114 g/mol. The van der Waals surface area contributed by atoms with Crippen LogP contribution in [0.4, 0.5) is 0 Å². The third-order valence-electron chi connectivity index (χ3n) is 1.38. The summed E-state index contributed by atoms with van der Waals surface area (Å²) in [5.41, 5.74) is 5.50. The monoisotopic (exact) mass is 129 g/mol. The predicted octanol–water partition coefficient (Wildman–Crippen LogP) is 0.518. The van der Waals surface area contributed by atoms with Crippen LogP contribution in [0.2, 0.25) is 0 Å². The third-order valence-corrected chi connectivity index (χ3v) is 1.38. The highest BCUT2D eigenvalue weighted by Crippen LogP contribution is 2.00. The van der Waals surface area contributed by atoms with E-state index in [1.54, 1.807) is 0 Å². The van der Waals surface area contributed by atoms with Gasteiger partial charge in [-0.05, 0) is 12.8 Å². The maximum absolute atomic E-state index is 8.57. The van der Waals surface area contributed by atoms with Crippen LogP contribution >= 0.6 is 0 Å². The standard InChI is InChI=1S/C7H15NO/c1-3-4-6(2)7(8)5-9/h3-4,6-7,9H,5,8H2,1-2H3/b4-3+/t6-,7+/m1/s1. The number of hydrogen-bond donors (Lipinski definition) is 2. The molecule has 0 radical (unpaired) electrons. The van der Waals surface area contributed by atoms with Gasteiger partial charge in [0.15, 0.2) is 0 Å². The second-order valence-electron chi connectivity index (χ2n) is 2.23. The normalized spacial score (nSPS) is 18.2. The zero-order chi connectivity index (χ0) is 7.28. The molecule has 0 aliphatic carbocycles. The molecule has 0 amide bonds. The van der Waals surface area contributed by atoms with Crippen LogP contribution in [0.3, 0.4) is 0 Å². The summed E-state index contributed by atoms with van der Waals surface area (Å²) in [6.45, 7) is 3.99. The number of aliphatic hydroxyl groups is 1. The Morgan fingerprint density at radius 3 is 2.56 bits per heavy atom. The van der Waals surface area contributed by atoms with Gasteiger partial charge in [-0.1, -0.05) is 19.1 Å². The van der Waals surface area contributed by atoms with Crippen molar-refractivity contribution in [2.45, 2.75) is 19.9 Å². The number of nitrogens with two attached hydrogens (primary N) is 1. The Morgan fingerprint density at radius 1 is 1.67 bits per heavy atom. The highest BCUT2D eigenvalue weighted by atomic mass is 16.3. The lowest BCUT2D eigenvalue weighted by molar-refractivity contribution is 0.246. The maximum atomic E-state index is 8.57. The SMILES string of the molecule is C/C=C/[C@@H](C)[C@@H](N)CO. The molecule has 0 saturated heterocycles. The van der Waals surface area contributed by atoms with Crippen LogP contribution in [-0.2, 0) is 0 Å². The van der Waals surface area contributed by atoms with Crippen molar-refractivity contribution in [2.75, 3.05) is 6.61 Å². The summed E-state index contributed by atoms with van der Waals surface area (Å²) < 4.78 is 0. The Hall–Kier alpha value is -0.340. The van der Waals surface area contributed by atoms with Crippen LogP contribution in [0.5, 0.6) is 0 Å². The lowest BCUT2D eigenvalue weighted by Gasteiger charge is -2.12. The number of hydrogen-bond acceptors (Lipinski definition) is 2. The molecule has 0 fully saturated rings. The van der Waals surface area contributed by atoms with E-state index in [1.807, 2.05) is 26.0 Å². The van der Waals surface area contributed by atoms with Gasteiger partial charge in [-0.3, -0.25) is 0 Å². The van der Waals surface area contributed by atoms with Gasteiger partial charge in [-0.25, -0.2) is 0 Å². The maximum Gasteiger partial charge on any atom is 0.0588 e. The molecule has 0 aliphatic heterocycles. The van der Waals surface area contributed by atoms with Crippen LogP contribution < -0.4 is 5.73 Å². The van der Waals surface area contributed by atoms with Crippen molar-refractivity contribution < 1.29 is 5.11 Å². The topological polar surface area (TPSA) is 46.2 Å². The first-order valence-electron chi connectivity index (χ1n) is 3.21. The van der Waals surface area contributed by atoms with E-state index in [-0.39, 0.29) is 18.6 Å². The van der Waals surface area contributed by atoms with Gasteiger partial charge >= 0.3 is 0 Å². The summed E-state index contributed by atoms with van der Waals surface area (Å²) in [4.78, 5) is 0. The number of allylic oxidation sites excluding steroid dienone is 1. The van der Waals surface area contributed by atoms with Crippen molar-refractivity contribution in [2.24, 2.45) is 11.7 Å².